The van der Waals surface area contributed by atoms with Crippen LogP contribution in [0.3, 0.4) is 0 Å². The third-order valence-corrected chi connectivity index (χ3v) is 2.40. The first-order valence-electron chi connectivity index (χ1n) is 3.10. The standard InChI is InChI=1S/C6H11IO2S/c1-3-5(2)10-6(8)9-4-7/h5H,3-4H2,1-2H3. The van der Waals surface area contributed by atoms with E-state index >= 15 is 0 Å². The Morgan fingerprint density at radius 3 is 2.80 bits per heavy atom. The summed E-state index contributed by atoms with van der Waals surface area (Å²) >= 11 is 3.26. The smallest absolute Gasteiger partial charge is 0.368 e. The Kier molecular flexibility index (Phi) is 6.62. The van der Waals surface area contributed by atoms with Gasteiger partial charge in [-0.3, -0.25) is 0 Å². The van der Waals surface area contributed by atoms with E-state index in [1.807, 2.05) is 29.5 Å². The average molecular weight is 274 g/mol. The van der Waals surface area contributed by atoms with E-state index < -0.39 is 0 Å². The van der Waals surface area contributed by atoms with Crippen molar-refractivity contribution in [1.82, 2.24) is 0 Å². The third-order valence-electron chi connectivity index (χ3n) is 1.04. The van der Waals surface area contributed by atoms with Crippen LogP contribution in [0.1, 0.15) is 20.3 Å². The summed E-state index contributed by atoms with van der Waals surface area (Å²) in [5, 5.41) is 0.208. The van der Waals surface area contributed by atoms with Crippen LogP contribution in [-0.2, 0) is 4.74 Å². The van der Waals surface area contributed by atoms with Crippen molar-refractivity contribution in [3.05, 3.63) is 0 Å². The predicted octanol–water partition coefficient (Wildman–Crippen LogP) is 3.05. The van der Waals surface area contributed by atoms with Gasteiger partial charge < -0.3 is 4.74 Å². The number of thioether (sulfide) groups is 1. The summed E-state index contributed by atoms with van der Waals surface area (Å²) in [5.74, 6) is 0. The van der Waals surface area contributed by atoms with Crippen molar-refractivity contribution >= 4 is 39.7 Å². The summed E-state index contributed by atoms with van der Waals surface area (Å²) < 4.78 is 5.17. The predicted molar refractivity (Wildman–Crippen MR) is 52.7 cm³/mol. The van der Waals surface area contributed by atoms with Crippen molar-refractivity contribution in [3.63, 3.8) is 0 Å². The molecule has 0 aromatic carbocycles. The van der Waals surface area contributed by atoms with Gasteiger partial charge in [-0.15, -0.1) is 0 Å². The number of carbonyl (C=O) groups excluding carboxylic acids is 1. The maximum Gasteiger partial charge on any atom is 0.368 e. The molecule has 0 fully saturated rings. The summed E-state index contributed by atoms with van der Waals surface area (Å²) in [6, 6.07) is 0. The summed E-state index contributed by atoms with van der Waals surface area (Å²) in [7, 11) is 0. The van der Waals surface area contributed by atoms with Crippen LogP contribution in [-0.4, -0.2) is 15.2 Å². The molecule has 4 heteroatoms. The summed E-state index contributed by atoms with van der Waals surface area (Å²) in [4.78, 5) is 10.7. The van der Waals surface area contributed by atoms with Gasteiger partial charge in [0.15, 0.2) is 0 Å². The highest BCUT2D eigenvalue weighted by atomic mass is 127. The fourth-order valence-electron chi connectivity index (χ4n) is 0.326. The Bertz CT molecular complexity index is 108. The maximum atomic E-state index is 10.7. The molecule has 2 nitrogen and oxygen atoms in total. The lowest BCUT2D eigenvalue weighted by Crippen LogP contribution is -2.01. The largest absolute Gasteiger partial charge is 0.447 e. The van der Waals surface area contributed by atoms with Crippen molar-refractivity contribution in [1.29, 1.82) is 0 Å². The van der Waals surface area contributed by atoms with Crippen LogP contribution in [0.5, 0.6) is 0 Å². The van der Waals surface area contributed by atoms with Gasteiger partial charge in [0.05, 0.1) is 0 Å². The molecule has 0 saturated heterocycles. The molecule has 0 aromatic heterocycles. The van der Waals surface area contributed by atoms with Crippen molar-refractivity contribution in [2.24, 2.45) is 0 Å². The van der Waals surface area contributed by atoms with Crippen LogP contribution in [0, 0.1) is 0 Å². The molecule has 0 N–H and O–H groups in total. The van der Waals surface area contributed by atoms with Gasteiger partial charge in [-0.05, 0) is 40.8 Å². The molecule has 0 aliphatic rings. The highest BCUT2D eigenvalue weighted by Gasteiger charge is 2.07. The topological polar surface area (TPSA) is 26.3 Å². The molecule has 0 bridgehead atoms. The minimum atomic E-state index is -0.163. The molecule has 0 aliphatic carbocycles. The minimum Gasteiger partial charge on any atom is -0.447 e. The molecular formula is C6H11IO2S. The first-order chi connectivity index (χ1) is 4.70. The molecule has 0 aliphatic heterocycles. The van der Waals surface area contributed by atoms with Gasteiger partial charge in [0.25, 0.3) is 0 Å². The SMILES string of the molecule is CCC(C)SC(=O)OCI. The number of ether oxygens (including phenoxy) is 1. The monoisotopic (exact) mass is 274 g/mol. The molecule has 0 saturated carbocycles. The Morgan fingerprint density at radius 1 is 1.80 bits per heavy atom. The van der Waals surface area contributed by atoms with Crippen LogP contribution in [0.15, 0.2) is 0 Å². The van der Waals surface area contributed by atoms with E-state index in [2.05, 4.69) is 6.92 Å². The second-order valence-corrected chi connectivity index (χ2v) is 3.84. The van der Waals surface area contributed by atoms with Crippen LogP contribution >= 0.6 is 34.4 Å². The molecular weight excluding hydrogens is 263 g/mol. The molecule has 1 atom stereocenters. The zero-order chi connectivity index (χ0) is 7.98. The minimum absolute atomic E-state index is 0.163. The van der Waals surface area contributed by atoms with Crippen molar-refractivity contribution in [3.8, 4) is 0 Å². The van der Waals surface area contributed by atoms with Gasteiger partial charge in [0, 0.05) is 5.25 Å². The van der Waals surface area contributed by atoms with Gasteiger partial charge >= 0.3 is 5.30 Å². The number of halogens is 1. The number of hydrogen-bond donors (Lipinski definition) is 0. The number of alkyl halides is 1. The van der Waals surface area contributed by atoms with E-state index in [1.165, 1.54) is 11.8 Å². The lowest BCUT2D eigenvalue weighted by Gasteiger charge is -2.04. The van der Waals surface area contributed by atoms with E-state index in [9.17, 15) is 4.79 Å². The van der Waals surface area contributed by atoms with Gasteiger partial charge in [-0.25, -0.2) is 4.79 Å². The summed E-state index contributed by atoms with van der Waals surface area (Å²) in [6.07, 6.45) is 1.00. The summed E-state index contributed by atoms with van der Waals surface area (Å²) in [5.41, 5.74) is 0. The lowest BCUT2D eigenvalue weighted by molar-refractivity contribution is 0.198. The Hall–Kier alpha value is 0.550. The highest BCUT2D eigenvalue weighted by molar-refractivity contribution is 14.1. The Labute approximate surface area is 79.2 Å². The van der Waals surface area contributed by atoms with E-state index in [4.69, 9.17) is 4.74 Å². The maximum absolute atomic E-state index is 10.7. The van der Waals surface area contributed by atoms with Crippen molar-refractivity contribution in [2.75, 3.05) is 4.61 Å². The first kappa shape index (κ1) is 10.6. The second-order valence-electron chi connectivity index (χ2n) is 1.84. The Morgan fingerprint density at radius 2 is 2.40 bits per heavy atom. The molecule has 0 radical (unpaired) electrons. The van der Waals surface area contributed by atoms with Crippen molar-refractivity contribution < 1.29 is 9.53 Å². The molecule has 0 rings (SSSR count). The number of rotatable bonds is 3. The van der Waals surface area contributed by atoms with E-state index in [0.29, 0.717) is 9.86 Å². The normalized spacial score (nSPS) is 12.7. The van der Waals surface area contributed by atoms with Crippen molar-refractivity contribution in [2.45, 2.75) is 25.5 Å². The molecule has 0 spiro atoms. The third kappa shape index (κ3) is 5.34. The number of carbonyl (C=O) groups is 1. The zero-order valence-electron chi connectivity index (χ0n) is 6.09. The molecule has 1 unspecified atom stereocenters. The van der Waals surface area contributed by atoms with Gasteiger partial charge in [-0.2, -0.15) is 0 Å². The van der Waals surface area contributed by atoms with E-state index in [1.54, 1.807) is 0 Å². The second kappa shape index (κ2) is 6.27. The first-order valence-corrected chi connectivity index (χ1v) is 5.50. The summed E-state index contributed by atoms with van der Waals surface area (Å²) in [6.45, 7) is 4.06. The highest BCUT2D eigenvalue weighted by Crippen LogP contribution is 2.16. The molecule has 0 amide bonds. The average Bonchev–Trinajstić information content (AvgIpc) is 1.88. The van der Waals surface area contributed by atoms with Gasteiger partial charge in [0.1, 0.15) is 4.61 Å². The zero-order valence-corrected chi connectivity index (χ0v) is 9.07. The molecule has 0 heterocycles. The quantitative estimate of drug-likeness (QED) is 0.449. The molecule has 10 heavy (non-hydrogen) atoms. The number of hydrogen-bond acceptors (Lipinski definition) is 3. The van der Waals surface area contributed by atoms with Crippen LogP contribution in [0.25, 0.3) is 0 Å². The van der Waals surface area contributed by atoms with E-state index in [0.717, 1.165) is 6.42 Å². The fourth-order valence-corrected chi connectivity index (χ4v) is 1.44. The van der Waals surface area contributed by atoms with Crippen LogP contribution in [0.4, 0.5) is 4.79 Å². The van der Waals surface area contributed by atoms with Crippen LogP contribution in [0.2, 0.25) is 0 Å². The molecule has 0 aromatic rings. The molecule has 60 valence electrons. The van der Waals surface area contributed by atoms with E-state index in [-0.39, 0.29) is 5.30 Å². The lowest BCUT2D eigenvalue weighted by atomic mass is 10.4. The van der Waals surface area contributed by atoms with Gasteiger partial charge in [-0.1, -0.05) is 13.8 Å². The fraction of sp³-hybridized carbons (Fsp3) is 0.833. The Balaban J connectivity index is 3.37. The van der Waals surface area contributed by atoms with Crippen LogP contribution < -0.4 is 0 Å². The van der Waals surface area contributed by atoms with Gasteiger partial charge in [0.2, 0.25) is 0 Å².